The molecule has 0 aromatic heterocycles. The van der Waals surface area contributed by atoms with Crippen molar-refractivity contribution in [2.24, 2.45) is 0 Å². The van der Waals surface area contributed by atoms with Gasteiger partial charge < -0.3 is 9.84 Å². The molecule has 0 atom stereocenters. The topological polar surface area (TPSA) is 46.5 Å². The van der Waals surface area contributed by atoms with E-state index in [9.17, 15) is 31.1 Å². The van der Waals surface area contributed by atoms with Crippen molar-refractivity contribution in [1.29, 1.82) is 0 Å². The minimum atomic E-state index is -6.04. The number of alkyl halides is 6. The van der Waals surface area contributed by atoms with Crippen LogP contribution in [0, 0.1) is 0 Å². The van der Waals surface area contributed by atoms with E-state index in [2.05, 4.69) is 4.74 Å². The van der Waals surface area contributed by atoms with E-state index in [4.69, 9.17) is 5.11 Å². The largest absolute Gasteiger partial charge is 0.456 e. The molecule has 0 saturated heterocycles. The van der Waals surface area contributed by atoms with E-state index in [0.29, 0.717) is 13.8 Å². The van der Waals surface area contributed by atoms with Gasteiger partial charge in [0.05, 0.1) is 0 Å². The molecule has 0 aliphatic heterocycles. The maximum Gasteiger partial charge on any atom is 0.430 e. The third-order valence-electron chi connectivity index (χ3n) is 2.35. The molecule has 0 rings (SSSR count). The minimum absolute atomic E-state index is 0.349. The van der Waals surface area contributed by atoms with Gasteiger partial charge in [0, 0.05) is 6.42 Å². The lowest BCUT2D eigenvalue weighted by Gasteiger charge is -2.43. The van der Waals surface area contributed by atoms with Crippen LogP contribution in [0.5, 0.6) is 0 Å². The molecule has 0 aliphatic rings. The molecule has 9 heteroatoms. The summed E-state index contributed by atoms with van der Waals surface area (Å²) in [6, 6.07) is 0. The number of aliphatic hydroxyl groups is 1. The van der Waals surface area contributed by atoms with Crippen LogP contribution in [-0.4, -0.2) is 34.6 Å². The van der Waals surface area contributed by atoms with E-state index in [1.165, 1.54) is 6.92 Å². The summed E-state index contributed by atoms with van der Waals surface area (Å²) in [7, 11) is 0. The summed E-state index contributed by atoms with van der Waals surface area (Å²) < 4.78 is 79.0. The Labute approximate surface area is 98.7 Å². The quantitative estimate of drug-likeness (QED) is 0.639. The Hall–Kier alpha value is -0.990. The zero-order valence-corrected chi connectivity index (χ0v) is 9.74. The van der Waals surface area contributed by atoms with Crippen LogP contribution in [0.2, 0.25) is 0 Å². The molecule has 0 aliphatic carbocycles. The zero-order chi connectivity index (χ0) is 15.0. The fourth-order valence-corrected chi connectivity index (χ4v) is 1.27. The molecular formula is C9H12F6O3. The van der Waals surface area contributed by atoms with Crippen LogP contribution >= 0.6 is 0 Å². The van der Waals surface area contributed by atoms with Crippen molar-refractivity contribution in [2.75, 3.05) is 0 Å². The first-order valence-electron chi connectivity index (χ1n) is 4.78. The molecule has 18 heavy (non-hydrogen) atoms. The second-order valence-electron chi connectivity index (χ2n) is 4.04. The van der Waals surface area contributed by atoms with E-state index >= 15 is 0 Å². The smallest absolute Gasteiger partial charge is 0.430 e. The first-order chi connectivity index (χ1) is 7.70. The summed E-state index contributed by atoms with van der Waals surface area (Å²) in [5.41, 5.74) is -8.34. The number of hydrogen-bond donors (Lipinski definition) is 1. The van der Waals surface area contributed by atoms with Gasteiger partial charge in [-0.3, -0.25) is 4.79 Å². The fourth-order valence-electron chi connectivity index (χ4n) is 1.27. The lowest BCUT2D eigenvalue weighted by Crippen LogP contribution is -2.69. The van der Waals surface area contributed by atoms with Crippen LogP contribution in [-0.2, 0) is 9.53 Å². The zero-order valence-electron chi connectivity index (χ0n) is 9.74. The van der Waals surface area contributed by atoms with Crippen molar-refractivity contribution < 1.29 is 41.0 Å². The molecule has 0 spiro atoms. The number of ether oxygens (including phenoxy) is 1. The first-order valence-corrected chi connectivity index (χ1v) is 4.78. The van der Waals surface area contributed by atoms with E-state index < -0.39 is 35.9 Å². The van der Waals surface area contributed by atoms with Gasteiger partial charge >= 0.3 is 18.3 Å². The highest BCUT2D eigenvalue weighted by Gasteiger charge is 2.78. The van der Waals surface area contributed by atoms with Crippen LogP contribution in [0.15, 0.2) is 0 Å². The molecule has 0 aromatic rings. The van der Waals surface area contributed by atoms with Crippen molar-refractivity contribution >= 4 is 5.97 Å². The maximum absolute atomic E-state index is 12.5. The highest BCUT2D eigenvalue weighted by molar-refractivity contribution is 5.69. The van der Waals surface area contributed by atoms with Gasteiger partial charge in [-0.1, -0.05) is 6.92 Å². The van der Waals surface area contributed by atoms with E-state index in [1.807, 2.05) is 0 Å². The molecule has 0 radical (unpaired) electrons. The molecule has 1 N–H and O–H groups in total. The summed E-state index contributed by atoms with van der Waals surface area (Å²) in [5, 5.41) is 9.03. The van der Waals surface area contributed by atoms with Crippen molar-refractivity contribution in [3.8, 4) is 0 Å². The Kier molecular flexibility index (Phi) is 4.34. The summed E-state index contributed by atoms with van der Waals surface area (Å²) >= 11 is 0. The average Bonchev–Trinajstić information content (AvgIpc) is 2.11. The molecule has 0 unspecified atom stereocenters. The first kappa shape index (κ1) is 17.0. The highest BCUT2D eigenvalue weighted by atomic mass is 19.4. The monoisotopic (exact) mass is 282 g/mol. The van der Waals surface area contributed by atoms with Gasteiger partial charge in [-0.2, -0.15) is 26.3 Å². The third kappa shape index (κ3) is 2.70. The van der Waals surface area contributed by atoms with Gasteiger partial charge in [0.2, 0.25) is 0 Å². The Morgan fingerprint density at radius 1 is 1.06 bits per heavy atom. The number of halogens is 6. The van der Waals surface area contributed by atoms with Crippen LogP contribution in [0.4, 0.5) is 26.3 Å². The minimum Gasteiger partial charge on any atom is -0.456 e. The van der Waals surface area contributed by atoms with Crippen molar-refractivity contribution in [3.05, 3.63) is 0 Å². The molecule has 0 bridgehead atoms. The highest BCUT2D eigenvalue weighted by Crippen LogP contribution is 2.50. The van der Waals surface area contributed by atoms with Gasteiger partial charge in [-0.05, 0) is 13.8 Å². The van der Waals surface area contributed by atoms with Crippen molar-refractivity contribution in [3.63, 3.8) is 0 Å². The Balaban J connectivity index is 5.69. The predicted octanol–water partition coefficient (Wildman–Crippen LogP) is 2.57. The van der Waals surface area contributed by atoms with E-state index in [0.717, 1.165) is 0 Å². The van der Waals surface area contributed by atoms with E-state index in [-0.39, 0.29) is 0 Å². The van der Waals surface area contributed by atoms with Gasteiger partial charge in [0.15, 0.2) is 5.60 Å². The molecule has 0 fully saturated rings. The number of carbonyl (C=O) groups excluding carboxylic acids is 1. The Morgan fingerprint density at radius 3 is 1.61 bits per heavy atom. The summed E-state index contributed by atoms with van der Waals surface area (Å²) in [4.78, 5) is 10.9. The van der Waals surface area contributed by atoms with Crippen LogP contribution in [0.3, 0.4) is 0 Å². The number of esters is 1. The second kappa shape index (κ2) is 4.60. The fraction of sp³-hybridized carbons (Fsp3) is 0.889. The number of carbonyl (C=O) groups is 1. The van der Waals surface area contributed by atoms with Gasteiger partial charge in [-0.15, -0.1) is 0 Å². The number of hydrogen-bond acceptors (Lipinski definition) is 3. The predicted molar refractivity (Wildman–Crippen MR) is 47.5 cm³/mol. The average molecular weight is 282 g/mol. The number of rotatable bonds is 3. The molecule has 0 amide bonds. The van der Waals surface area contributed by atoms with Gasteiger partial charge in [0.1, 0.15) is 0 Å². The third-order valence-corrected chi connectivity index (χ3v) is 2.35. The van der Waals surface area contributed by atoms with E-state index in [1.54, 1.807) is 0 Å². The van der Waals surface area contributed by atoms with Crippen LogP contribution < -0.4 is 0 Å². The molecule has 0 heterocycles. The van der Waals surface area contributed by atoms with Gasteiger partial charge in [-0.25, -0.2) is 0 Å². The van der Waals surface area contributed by atoms with Crippen molar-refractivity contribution in [1.82, 2.24) is 0 Å². The molecule has 3 nitrogen and oxygen atoms in total. The van der Waals surface area contributed by atoms with Crippen LogP contribution in [0.25, 0.3) is 0 Å². The standard InChI is InChI=1S/C9H12F6O3/c1-4-5(16)18-6(2,3)7(17,8(10,11)12)9(13,14)15/h17H,4H2,1-3H3. The molecule has 0 saturated carbocycles. The van der Waals surface area contributed by atoms with Crippen LogP contribution in [0.1, 0.15) is 27.2 Å². The summed E-state index contributed by atoms with van der Waals surface area (Å²) in [6.07, 6.45) is -12.5. The Morgan fingerprint density at radius 2 is 1.39 bits per heavy atom. The molecule has 108 valence electrons. The van der Waals surface area contributed by atoms with Gasteiger partial charge in [0.25, 0.3) is 5.60 Å². The second-order valence-corrected chi connectivity index (χ2v) is 4.04. The summed E-state index contributed by atoms with van der Waals surface area (Å²) in [6.45, 7) is 1.89. The maximum atomic E-state index is 12.5. The van der Waals surface area contributed by atoms with Crippen molar-refractivity contribution in [2.45, 2.75) is 50.7 Å². The summed E-state index contributed by atoms with van der Waals surface area (Å²) in [5.74, 6) is -1.29. The lowest BCUT2D eigenvalue weighted by atomic mass is 9.84. The normalized spacial score (nSPS) is 14.6. The molecular weight excluding hydrogens is 270 g/mol. The SMILES string of the molecule is CCC(=O)OC(C)(C)C(O)(C(F)(F)F)C(F)(F)F. The Bertz CT molecular complexity index is 303. The molecule has 0 aromatic carbocycles. The lowest BCUT2D eigenvalue weighted by molar-refractivity contribution is -0.407.